The minimum Gasteiger partial charge on any atom is -0.444 e. The van der Waals surface area contributed by atoms with Crippen molar-refractivity contribution in [2.75, 3.05) is 31.5 Å². The van der Waals surface area contributed by atoms with Crippen LogP contribution in [0.1, 0.15) is 33.6 Å². The number of hydrogen-bond donors (Lipinski definition) is 2. The van der Waals surface area contributed by atoms with Gasteiger partial charge in [0.15, 0.2) is 6.61 Å². The molecule has 0 heterocycles. The minimum atomic E-state index is -0.507. The molecule has 0 atom stereocenters. The summed E-state index contributed by atoms with van der Waals surface area (Å²) >= 11 is 11.1. The van der Waals surface area contributed by atoms with Crippen molar-refractivity contribution in [2.45, 2.75) is 39.2 Å². The van der Waals surface area contributed by atoms with Crippen molar-refractivity contribution in [3.8, 4) is 0 Å². The molecule has 0 saturated heterocycles. The third kappa shape index (κ3) is 14.1. The molecule has 0 aromatic carbocycles. The molecule has 2 amide bonds. The van der Waals surface area contributed by atoms with E-state index in [2.05, 4.69) is 15.8 Å². The Bertz CT molecular complexity index is 392. The zero-order valence-electron chi connectivity index (χ0n) is 13.8. The van der Waals surface area contributed by atoms with Gasteiger partial charge in [-0.1, -0.05) is 5.16 Å². The zero-order chi connectivity index (χ0) is 17.7. The lowest BCUT2D eigenvalue weighted by atomic mass is 10.2. The summed E-state index contributed by atoms with van der Waals surface area (Å²) in [7, 11) is 0. The molecule has 0 aromatic heterocycles. The molecule has 0 saturated carbocycles. The Kier molecular flexibility index (Phi) is 11.6. The number of alkyl halides is 2. The number of nitrogens with one attached hydrogen (secondary N) is 2. The predicted octanol–water partition coefficient (Wildman–Crippen LogP) is 2.26. The highest BCUT2D eigenvalue weighted by Gasteiger charge is 2.15. The molecule has 0 aromatic rings. The molecule has 0 spiro atoms. The van der Waals surface area contributed by atoms with Crippen molar-refractivity contribution in [3.05, 3.63) is 0 Å². The molecule has 0 rings (SSSR count). The summed E-state index contributed by atoms with van der Waals surface area (Å²) in [6.45, 7) is 6.19. The van der Waals surface area contributed by atoms with Crippen LogP contribution in [0.3, 0.4) is 0 Å². The van der Waals surface area contributed by atoms with Gasteiger partial charge >= 0.3 is 6.09 Å². The van der Waals surface area contributed by atoms with E-state index in [4.69, 9.17) is 32.8 Å². The highest BCUT2D eigenvalue weighted by molar-refractivity contribution is 6.36. The maximum absolute atomic E-state index is 11.4. The van der Waals surface area contributed by atoms with Gasteiger partial charge in [-0.05, 0) is 33.6 Å². The van der Waals surface area contributed by atoms with Crippen molar-refractivity contribution in [2.24, 2.45) is 5.16 Å². The second-order valence-corrected chi connectivity index (χ2v) is 6.22. The first-order chi connectivity index (χ1) is 10.8. The van der Waals surface area contributed by atoms with Crippen LogP contribution in [0, 0.1) is 0 Å². The molecule has 0 aliphatic carbocycles. The van der Waals surface area contributed by atoms with Crippen LogP contribution in [0.4, 0.5) is 4.79 Å². The lowest BCUT2D eigenvalue weighted by Gasteiger charge is -2.19. The smallest absolute Gasteiger partial charge is 0.407 e. The average molecular weight is 370 g/mol. The zero-order valence-corrected chi connectivity index (χ0v) is 15.3. The number of carbonyl (C=O) groups excluding carboxylic acids is 2. The van der Waals surface area contributed by atoms with Gasteiger partial charge in [0, 0.05) is 13.1 Å². The van der Waals surface area contributed by atoms with Crippen molar-refractivity contribution < 1.29 is 19.2 Å². The maximum atomic E-state index is 11.4. The van der Waals surface area contributed by atoms with E-state index in [1.807, 2.05) is 0 Å². The fourth-order valence-electron chi connectivity index (χ4n) is 1.30. The van der Waals surface area contributed by atoms with E-state index in [0.29, 0.717) is 18.8 Å². The van der Waals surface area contributed by atoms with Crippen LogP contribution in [0.15, 0.2) is 5.16 Å². The largest absolute Gasteiger partial charge is 0.444 e. The van der Waals surface area contributed by atoms with E-state index in [1.54, 1.807) is 20.8 Å². The normalized spacial score (nSPS) is 10.7. The Labute approximate surface area is 147 Å². The predicted molar refractivity (Wildman–Crippen MR) is 91.3 cm³/mol. The van der Waals surface area contributed by atoms with Crippen LogP contribution in [0.25, 0.3) is 0 Å². The first-order valence-electron chi connectivity index (χ1n) is 7.31. The summed E-state index contributed by atoms with van der Waals surface area (Å²) in [5.41, 5.74) is -0.0396. The van der Waals surface area contributed by atoms with E-state index in [0.717, 1.165) is 12.8 Å². The standard InChI is InChI=1S/C14H25Cl2N3O4/c1-14(2,3)23-13(21)18-7-5-4-6-17-12(20)10-22-19-11(8-15)9-16/h4-10H2,1-3H3,(H,17,20)(H,18,21). The first-order valence-corrected chi connectivity index (χ1v) is 8.38. The fraction of sp³-hybridized carbons (Fsp3) is 0.786. The summed E-state index contributed by atoms with van der Waals surface area (Å²) < 4.78 is 5.10. The van der Waals surface area contributed by atoms with Crippen molar-refractivity contribution in [3.63, 3.8) is 0 Å². The monoisotopic (exact) mass is 369 g/mol. The van der Waals surface area contributed by atoms with E-state index in [-0.39, 0.29) is 24.3 Å². The van der Waals surface area contributed by atoms with Crippen LogP contribution in [-0.2, 0) is 14.4 Å². The quantitative estimate of drug-likeness (QED) is 0.267. The Morgan fingerprint density at radius 3 is 2.13 bits per heavy atom. The molecule has 0 bridgehead atoms. The van der Waals surface area contributed by atoms with Crippen molar-refractivity contribution in [1.29, 1.82) is 0 Å². The van der Waals surface area contributed by atoms with Crippen LogP contribution >= 0.6 is 23.2 Å². The summed E-state index contributed by atoms with van der Waals surface area (Å²) in [6, 6.07) is 0. The van der Waals surface area contributed by atoms with E-state index in [1.165, 1.54) is 0 Å². The third-order valence-electron chi connectivity index (χ3n) is 2.29. The number of carbonyl (C=O) groups is 2. The summed E-state index contributed by atoms with van der Waals surface area (Å²) in [6.07, 6.45) is 1.00. The van der Waals surface area contributed by atoms with Crippen LogP contribution in [0.2, 0.25) is 0 Å². The van der Waals surface area contributed by atoms with Crippen molar-refractivity contribution in [1.82, 2.24) is 10.6 Å². The van der Waals surface area contributed by atoms with Gasteiger partial charge in [0.2, 0.25) is 0 Å². The highest BCUT2D eigenvalue weighted by Crippen LogP contribution is 2.06. The second-order valence-electron chi connectivity index (χ2n) is 5.68. The first kappa shape index (κ1) is 21.8. The molecular weight excluding hydrogens is 345 g/mol. The van der Waals surface area contributed by atoms with Gasteiger partial charge in [-0.3, -0.25) is 4.79 Å². The van der Waals surface area contributed by atoms with E-state index < -0.39 is 11.7 Å². The summed E-state index contributed by atoms with van der Waals surface area (Å²) in [5.74, 6) is 0.0447. The number of amides is 2. The number of hydrogen-bond acceptors (Lipinski definition) is 5. The molecule has 0 aliphatic heterocycles. The van der Waals surface area contributed by atoms with Gasteiger partial charge in [-0.25, -0.2) is 4.79 Å². The summed E-state index contributed by atoms with van der Waals surface area (Å²) in [5, 5.41) is 8.96. The van der Waals surface area contributed by atoms with Crippen molar-refractivity contribution >= 4 is 40.9 Å². The Hall–Kier alpha value is -1.21. The Balaban J connectivity index is 3.59. The topological polar surface area (TPSA) is 89.0 Å². The maximum Gasteiger partial charge on any atom is 0.407 e. The fourth-order valence-corrected chi connectivity index (χ4v) is 1.68. The Morgan fingerprint density at radius 1 is 1.04 bits per heavy atom. The molecule has 7 nitrogen and oxygen atoms in total. The number of oxime groups is 1. The van der Waals surface area contributed by atoms with Crippen LogP contribution in [0.5, 0.6) is 0 Å². The van der Waals surface area contributed by atoms with Crippen LogP contribution < -0.4 is 10.6 Å². The number of ether oxygens (including phenoxy) is 1. The Morgan fingerprint density at radius 2 is 1.61 bits per heavy atom. The lowest BCUT2D eigenvalue weighted by Crippen LogP contribution is -2.33. The number of halogens is 2. The molecule has 0 radical (unpaired) electrons. The molecule has 2 N–H and O–H groups in total. The third-order valence-corrected chi connectivity index (χ3v) is 2.91. The van der Waals surface area contributed by atoms with E-state index >= 15 is 0 Å². The van der Waals surface area contributed by atoms with E-state index in [9.17, 15) is 9.59 Å². The molecule has 134 valence electrons. The van der Waals surface area contributed by atoms with Gasteiger partial charge in [0.25, 0.3) is 5.91 Å². The number of unbranched alkanes of at least 4 members (excludes halogenated alkanes) is 1. The minimum absolute atomic E-state index is 0.162. The molecule has 23 heavy (non-hydrogen) atoms. The van der Waals surface area contributed by atoms with Gasteiger partial charge in [0.1, 0.15) is 5.60 Å². The number of nitrogens with zero attached hydrogens (tertiary/aromatic N) is 1. The van der Waals surface area contributed by atoms with Crippen LogP contribution in [-0.4, -0.2) is 54.8 Å². The molecule has 0 fully saturated rings. The SMILES string of the molecule is CC(C)(C)OC(=O)NCCCCNC(=O)CON=C(CCl)CCl. The molecule has 9 heteroatoms. The van der Waals surface area contributed by atoms with Gasteiger partial charge in [-0.2, -0.15) is 0 Å². The second kappa shape index (κ2) is 12.2. The molecular formula is C14H25Cl2N3O4. The highest BCUT2D eigenvalue weighted by atomic mass is 35.5. The van der Waals surface area contributed by atoms with Gasteiger partial charge in [0.05, 0.1) is 17.5 Å². The molecule has 0 aliphatic rings. The summed E-state index contributed by atoms with van der Waals surface area (Å²) in [4.78, 5) is 27.6. The van der Waals surface area contributed by atoms with Gasteiger partial charge in [-0.15, -0.1) is 23.2 Å². The number of rotatable bonds is 10. The number of alkyl carbamates (subject to hydrolysis) is 1. The molecule has 0 unspecified atom stereocenters. The lowest BCUT2D eigenvalue weighted by molar-refractivity contribution is -0.125. The van der Waals surface area contributed by atoms with Gasteiger partial charge < -0.3 is 20.2 Å². The average Bonchev–Trinajstić information content (AvgIpc) is 2.45.